The van der Waals surface area contributed by atoms with Crippen LogP contribution in [0.15, 0.2) is 0 Å². The molecule has 0 bridgehead atoms. The summed E-state index contributed by atoms with van der Waals surface area (Å²) in [5.74, 6) is 0. The zero-order valence-corrected chi connectivity index (χ0v) is 13.3. The van der Waals surface area contributed by atoms with Gasteiger partial charge in [0.1, 0.15) is 0 Å². The molecule has 2 rings (SSSR count). The van der Waals surface area contributed by atoms with Crippen LogP contribution in [0.5, 0.6) is 0 Å². The highest BCUT2D eigenvalue weighted by Crippen LogP contribution is 2.41. The van der Waals surface area contributed by atoms with E-state index in [2.05, 4.69) is 38.2 Å². The summed E-state index contributed by atoms with van der Waals surface area (Å²) >= 11 is 0. The van der Waals surface area contributed by atoms with E-state index < -0.39 is 0 Å². The Bertz CT molecular complexity index is 282. The van der Waals surface area contributed by atoms with E-state index in [1.54, 1.807) is 0 Å². The molecule has 1 saturated heterocycles. The lowest BCUT2D eigenvalue weighted by molar-refractivity contribution is -0.0627. The van der Waals surface area contributed by atoms with E-state index >= 15 is 0 Å². The SMILES string of the molecule is CN(C)C(C)(C)CNCC1CCC2(CCCCC2)O1. The molecule has 1 unspecified atom stereocenters. The topological polar surface area (TPSA) is 24.5 Å². The molecule has 19 heavy (non-hydrogen) atoms. The van der Waals surface area contributed by atoms with Gasteiger partial charge in [-0.2, -0.15) is 0 Å². The van der Waals surface area contributed by atoms with Crippen LogP contribution in [0.25, 0.3) is 0 Å². The summed E-state index contributed by atoms with van der Waals surface area (Å²) in [4.78, 5) is 2.28. The third-order valence-electron chi connectivity index (χ3n) is 5.24. The largest absolute Gasteiger partial charge is 0.370 e. The van der Waals surface area contributed by atoms with Gasteiger partial charge < -0.3 is 15.0 Å². The van der Waals surface area contributed by atoms with Crippen molar-refractivity contribution in [3.63, 3.8) is 0 Å². The summed E-state index contributed by atoms with van der Waals surface area (Å²) in [6.07, 6.45) is 9.72. The van der Waals surface area contributed by atoms with Gasteiger partial charge >= 0.3 is 0 Å². The maximum absolute atomic E-state index is 6.39. The molecule has 1 spiro atoms. The van der Waals surface area contributed by atoms with Crippen molar-refractivity contribution < 1.29 is 4.74 Å². The van der Waals surface area contributed by atoms with Gasteiger partial charge in [-0.25, -0.2) is 0 Å². The molecular formula is C16H32N2O. The van der Waals surface area contributed by atoms with Gasteiger partial charge in [-0.15, -0.1) is 0 Å². The molecule has 1 aliphatic heterocycles. The summed E-state index contributed by atoms with van der Waals surface area (Å²) in [6.45, 7) is 6.59. The minimum Gasteiger partial charge on any atom is -0.370 e. The van der Waals surface area contributed by atoms with Crippen molar-refractivity contribution in [2.45, 2.75) is 76.0 Å². The highest BCUT2D eigenvalue weighted by molar-refractivity contribution is 4.92. The van der Waals surface area contributed by atoms with Gasteiger partial charge in [0.25, 0.3) is 0 Å². The molecule has 3 nitrogen and oxygen atoms in total. The standard InChI is InChI=1S/C16H32N2O/c1-15(2,18(3)4)13-17-12-14-8-11-16(19-14)9-6-5-7-10-16/h14,17H,5-13H2,1-4H3. The Morgan fingerprint density at radius 3 is 2.47 bits per heavy atom. The Morgan fingerprint density at radius 2 is 1.84 bits per heavy atom. The van der Waals surface area contributed by atoms with Crippen molar-refractivity contribution in [3.8, 4) is 0 Å². The molecule has 3 heteroatoms. The Morgan fingerprint density at radius 1 is 1.16 bits per heavy atom. The molecule has 0 aromatic rings. The van der Waals surface area contributed by atoms with Crippen LogP contribution < -0.4 is 5.32 Å². The molecule has 1 N–H and O–H groups in total. The fourth-order valence-corrected chi connectivity index (χ4v) is 3.30. The van der Waals surface area contributed by atoms with E-state index in [1.807, 2.05) is 0 Å². The lowest BCUT2D eigenvalue weighted by atomic mass is 9.83. The number of ether oxygens (including phenoxy) is 1. The zero-order valence-electron chi connectivity index (χ0n) is 13.3. The average Bonchev–Trinajstić information content (AvgIpc) is 2.73. The Kier molecular flexibility index (Phi) is 4.91. The lowest BCUT2D eigenvalue weighted by Gasteiger charge is -2.34. The van der Waals surface area contributed by atoms with Crippen molar-refractivity contribution >= 4 is 0 Å². The molecule has 2 aliphatic rings. The quantitative estimate of drug-likeness (QED) is 0.830. The Labute approximate surface area is 119 Å². The highest BCUT2D eigenvalue weighted by Gasteiger charge is 2.40. The summed E-state index contributed by atoms with van der Waals surface area (Å²) in [5, 5.41) is 3.60. The van der Waals surface area contributed by atoms with Gasteiger partial charge in [-0.1, -0.05) is 19.3 Å². The number of hydrogen-bond acceptors (Lipinski definition) is 3. The Hall–Kier alpha value is -0.120. The summed E-state index contributed by atoms with van der Waals surface area (Å²) in [5.41, 5.74) is 0.475. The van der Waals surface area contributed by atoms with Crippen LogP contribution in [-0.4, -0.2) is 49.3 Å². The number of likely N-dealkylation sites (N-methyl/N-ethyl adjacent to an activating group) is 1. The van der Waals surface area contributed by atoms with Crippen molar-refractivity contribution in [2.24, 2.45) is 0 Å². The first-order valence-corrected chi connectivity index (χ1v) is 8.00. The van der Waals surface area contributed by atoms with E-state index in [1.165, 1.54) is 44.9 Å². The maximum Gasteiger partial charge on any atom is 0.0708 e. The van der Waals surface area contributed by atoms with Crippen LogP contribution in [-0.2, 0) is 4.74 Å². The Balaban J connectivity index is 1.71. The number of rotatable bonds is 5. The van der Waals surface area contributed by atoms with E-state index in [0.717, 1.165) is 13.1 Å². The third kappa shape index (κ3) is 3.93. The molecule has 1 atom stereocenters. The summed E-state index contributed by atoms with van der Waals surface area (Å²) in [7, 11) is 4.29. The molecule has 0 radical (unpaired) electrons. The normalized spacial score (nSPS) is 27.3. The summed E-state index contributed by atoms with van der Waals surface area (Å²) < 4.78 is 6.39. The zero-order chi connectivity index (χ0) is 13.9. The second-order valence-electron chi connectivity index (χ2n) is 7.36. The fourth-order valence-electron chi connectivity index (χ4n) is 3.30. The molecule has 0 amide bonds. The van der Waals surface area contributed by atoms with Gasteiger partial charge in [0.2, 0.25) is 0 Å². The molecular weight excluding hydrogens is 236 g/mol. The fraction of sp³-hybridized carbons (Fsp3) is 1.00. The van der Waals surface area contributed by atoms with Crippen LogP contribution in [0, 0.1) is 0 Å². The van der Waals surface area contributed by atoms with E-state index in [4.69, 9.17) is 4.74 Å². The van der Waals surface area contributed by atoms with Gasteiger partial charge in [-0.05, 0) is 53.6 Å². The van der Waals surface area contributed by atoms with E-state index in [0.29, 0.717) is 6.10 Å². The second-order valence-corrected chi connectivity index (χ2v) is 7.36. The van der Waals surface area contributed by atoms with Crippen molar-refractivity contribution in [1.82, 2.24) is 10.2 Å². The minimum absolute atomic E-state index is 0.209. The summed E-state index contributed by atoms with van der Waals surface area (Å²) in [6, 6.07) is 0. The molecule has 0 aromatic heterocycles. The van der Waals surface area contributed by atoms with Crippen LogP contribution in [0.1, 0.15) is 58.8 Å². The predicted octanol–water partition coefficient (Wildman–Crippen LogP) is 2.80. The molecule has 1 aliphatic carbocycles. The molecule has 1 heterocycles. The first-order chi connectivity index (χ1) is 8.94. The van der Waals surface area contributed by atoms with E-state index in [-0.39, 0.29) is 11.1 Å². The van der Waals surface area contributed by atoms with Gasteiger partial charge in [0.15, 0.2) is 0 Å². The lowest BCUT2D eigenvalue weighted by Crippen LogP contribution is -2.48. The van der Waals surface area contributed by atoms with Crippen LogP contribution in [0.2, 0.25) is 0 Å². The monoisotopic (exact) mass is 268 g/mol. The first-order valence-electron chi connectivity index (χ1n) is 8.00. The third-order valence-corrected chi connectivity index (χ3v) is 5.24. The average molecular weight is 268 g/mol. The predicted molar refractivity (Wildman–Crippen MR) is 80.6 cm³/mol. The number of hydrogen-bond donors (Lipinski definition) is 1. The highest BCUT2D eigenvalue weighted by atomic mass is 16.5. The van der Waals surface area contributed by atoms with Crippen molar-refractivity contribution in [1.29, 1.82) is 0 Å². The minimum atomic E-state index is 0.209. The van der Waals surface area contributed by atoms with Crippen molar-refractivity contribution in [2.75, 3.05) is 27.2 Å². The van der Waals surface area contributed by atoms with Gasteiger partial charge in [0.05, 0.1) is 11.7 Å². The molecule has 112 valence electrons. The van der Waals surface area contributed by atoms with Gasteiger partial charge in [0, 0.05) is 18.6 Å². The van der Waals surface area contributed by atoms with Crippen LogP contribution in [0.3, 0.4) is 0 Å². The van der Waals surface area contributed by atoms with Crippen molar-refractivity contribution in [3.05, 3.63) is 0 Å². The first kappa shape index (κ1) is 15.3. The molecule has 0 aromatic carbocycles. The number of nitrogens with zero attached hydrogens (tertiary/aromatic N) is 1. The molecule has 1 saturated carbocycles. The van der Waals surface area contributed by atoms with Crippen LogP contribution in [0.4, 0.5) is 0 Å². The molecule has 2 fully saturated rings. The second kappa shape index (κ2) is 6.11. The smallest absolute Gasteiger partial charge is 0.0708 e. The van der Waals surface area contributed by atoms with Crippen LogP contribution >= 0.6 is 0 Å². The maximum atomic E-state index is 6.39. The van der Waals surface area contributed by atoms with E-state index in [9.17, 15) is 0 Å². The van der Waals surface area contributed by atoms with Gasteiger partial charge in [-0.3, -0.25) is 0 Å². The number of nitrogens with one attached hydrogen (secondary N) is 1.